The van der Waals surface area contributed by atoms with Gasteiger partial charge in [0.15, 0.2) is 0 Å². The molecule has 0 amide bonds. The smallest absolute Gasteiger partial charge is 0.331 e. The third-order valence-electron chi connectivity index (χ3n) is 5.34. The molecule has 1 saturated heterocycles. The van der Waals surface area contributed by atoms with Crippen LogP contribution in [-0.4, -0.2) is 68.8 Å². The van der Waals surface area contributed by atoms with Gasteiger partial charge in [-0.15, -0.1) is 0 Å². The Hall–Kier alpha value is -2.61. The molecule has 1 aliphatic heterocycles. The molecule has 5 nitrogen and oxygen atoms in total. The van der Waals surface area contributed by atoms with E-state index in [1.54, 1.807) is 24.3 Å². The van der Waals surface area contributed by atoms with Crippen LogP contribution in [0.1, 0.15) is 17.2 Å². The van der Waals surface area contributed by atoms with Crippen LogP contribution in [0.25, 0.3) is 0 Å². The molecule has 1 heterocycles. The number of piperazine rings is 1. The van der Waals surface area contributed by atoms with E-state index in [4.69, 9.17) is 4.74 Å². The Morgan fingerprint density at radius 3 is 2.00 bits per heavy atom. The third kappa shape index (κ3) is 6.95. The lowest BCUT2D eigenvalue weighted by Gasteiger charge is -2.39. The Balaban J connectivity index is 1.56. The third-order valence-corrected chi connectivity index (χ3v) is 5.34. The lowest BCUT2D eigenvalue weighted by atomic mass is 9.96. The van der Waals surface area contributed by atoms with Crippen molar-refractivity contribution in [3.05, 3.63) is 83.4 Å². The van der Waals surface area contributed by atoms with E-state index < -0.39 is 0 Å². The van der Waals surface area contributed by atoms with E-state index in [2.05, 4.69) is 14.5 Å². The summed E-state index contributed by atoms with van der Waals surface area (Å²) in [5, 5.41) is 0. The fraction of sp³-hybridized carbons (Fsp3) is 0.375. The van der Waals surface area contributed by atoms with Gasteiger partial charge in [-0.25, -0.2) is 13.6 Å². The molecule has 0 N–H and O–H groups in total. The first-order valence-corrected chi connectivity index (χ1v) is 10.3. The Morgan fingerprint density at radius 2 is 1.48 bits per heavy atom. The molecule has 166 valence electrons. The molecular formula is C24H28F2N2O3. The number of benzene rings is 2. The van der Waals surface area contributed by atoms with E-state index in [0.717, 1.165) is 43.9 Å². The van der Waals surface area contributed by atoms with Gasteiger partial charge in [0, 0.05) is 32.7 Å². The molecule has 2 aromatic carbocycles. The quantitative estimate of drug-likeness (QED) is 0.347. The molecule has 2 aromatic rings. The highest BCUT2D eigenvalue weighted by Gasteiger charge is 2.26. The maximum Gasteiger partial charge on any atom is 0.331 e. The van der Waals surface area contributed by atoms with Gasteiger partial charge in [0.25, 0.3) is 0 Å². The molecular weight excluding hydrogens is 402 g/mol. The minimum absolute atomic E-state index is 0.0479. The zero-order valence-corrected chi connectivity index (χ0v) is 17.7. The van der Waals surface area contributed by atoms with Gasteiger partial charge in [-0.3, -0.25) is 9.80 Å². The summed E-state index contributed by atoms with van der Waals surface area (Å²) in [6.45, 7) is 4.56. The van der Waals surface area contributed by atoms with Gasteiger partial charge < -0.3 is 9.47 Å². The van der Waals surface area contributed by atoms with Crippen LogP contribution in [0.3, 0.4) is 0 Å². The number of esters is 1. The summed E-state index contributed by atoms with van der Waals surface area (Å²) in [5.41, 5.74) is 1.98. The molecule has 0 bridgehead atoms. The number of nitrogens with zero attached hydrogens (tertiary/aromatic N) is 2. The van der Waals surface area contributed by atoms with Crippen LogP contribution >= 0.6 is 0 Å². The first-order valence-electron chi connectivity index (χ1n) is 10.3. The van der Waals surface area contributed by atoms with Crippen LogP contribution in [0, 0.1) is 11.6 Å². The van der Waals surface area contributed by atoms with Gasteiger partial charge in [0.05, 0.1) is 19.8 Å². The second kappa shape index (κ2) is 11.7. The SMILES string of the molecule is COC(=O)COCC=CCN1CCN(C(c2ccc(F)cc2)c2ccc(F)cc2)CC1. The van der Waals surface area contributed by atoms with Crippen molar-refractivity contribution >= 4 is 5.97 Å². The van der Waals surface area contributed by atoms with Gasteiger partial charge in [0.1, 0.15) is 18.2 Å². The molecule has 31 heavy (non-hydrogen) atoms. The summed E-state index contributed by atoms with van der Waals surface area (Å²) in [6, 6.07) is 13.0. The van der Waals surface area contributed by atoms with Gasteiger partial charge in [-0.05, 0) is 35.4 Å². The van der Waals surface area contributed by atoms with E-state index in [1.807, 2.05) is 12.2 Å². The Labute approximate surface area is 181 Å². The van der Waals surface area contributed by atoms with Crippen molar-refractivity contribution in [2.75, 3.05) is 53.0 Å². The number of hydrogen-bond acceptors (Lipinski definition) is 5. The second-order valence-electron chi connectivity index (χ2n) is 7.40. The zero-order valence-electron chi connectivity index (χ0n) is 17.7. The summed E-state index contributed by atoms with van der Waals surface area (Å²) in [7, 11) is 1.33. The minimum atomic E-state index is -0.388. The van der Waals surface area contributed by atoms with Crippen LogP contribution in [0.15, 0.2) is 60.7 Å². The normalized spacial score (nSPS) is 15.6. The molecule has 3 rings (SSSR count). The average molecular weight is 430 g/mol. The number of ether oxygens (including phenoxy) is 2. The van der Waals surface area contributed by atoms with E-state index in [0.29, 0.717) is 6.61 Å². The van der Waals surface area contributed by atoms with Gasteiger partial charge in [-0.1, -0.05) is 36.4 Å². The largest absolute Gasteiger partial charge is 0.467 e. The van der Waals surface area contributed by atoms with Gasteiger partial charge in [0.2, 0.25) is 0 Å². The first-order chi connectivity index (χ1) is 15.1. The average Bonchev–Trinajstić information content (AvgIpc) is 2.79. The molecule has 0 atom stereocenters. The number of carbonyl (C=O) groups is 1. The molecule has 1 fully saturated rings. The number of methoxy groups -OCH3 is 1. The maximum atomic E-state index is 13.4. The van der Waals surface area contributed by atoms with Gasteiger partial charge in [-0.2, -0.15) is 0 Å². The number of carbonyl (C=O) groups excluding carboxylic acids is 1. The summed E-state index contributed by atoms with van der Waals surface area (Å²) >= 11 is 0. The minimum Gasteiger partial charge on any atom is -0.467 e. The summed E-state index contributed by atoms with van der Waals surface area (Å²) in [6.07, 6.45) is 3.93. The topological polar surface area (TPSA) is 42.0 Å². The first kappa shape index (κ1) is 23.1. The molecule has 7 heteroatoms. The predicted molar refractivity (Wildman–Crippen MR) is 115 cm³/mol. The van der Waals surface area contributed by atoms with Crippen LogP contribution in [0.4, 0.5) is 8.78 Å². The Kier molecular flexibility index (Phi) is 8.70. The van der Waals surface area contributed by atoms with E-state index >= 15 is 0 Å². The van der Waals surface area contributed by atoms with Crippen LogP contribution < -0.4 is 0 Å². The van der Waals surface area contributed by atoms with E-state index in [-0.39, 0.29) is 30.3 Å². The highest BCUT2D eigenvalue weighted by Crippen LogP contribution is 2.30. The zero-order chi connectivity index (χ0) is 22.1. The lowest BCUT2D eigenvalue weighted by Crippen LogP contribution is -2.47. The van der Waals surface area contributed by atoms with Crippen molar-refractivity contribution < 1.29 is 23.0 Å². The highest BCUT2D eigenvalue weighted by molar-refractivity contribution is 5.70. The lowest BCUT2D eigenvalue weighted by molar-refractivity contribution is -0.145. The van der Waals surface area contributed by atoms with E-state index in [1.165, 1.54) is 31.4 Å². The summed E-state index contributed by atoms with van der Waals surface area (Å²) < 4.78 is 36.6. The number of halogens is 2. The van der Waals surface area contributed by atoms with Crippen molar-refractivity contribution in [3.63, 3.8) is 0 Å². The Bertz CT molecular complexity index is 803. The van der Waals surface area contributed by atoms with Crippen molar-refractivity contribution in [2.45, 2.75) is 6.04 Å². The monoisotopic (exact) mass is 430 g/mol. The van der Waals surface area contributed by atoms with Crippen molar-refractivity contribution in [2.24, 2.45) is 0 Å². The summed E-state index contributed by atoms with van der Waals surface area (Å²) in [4.78, 5) is 15.7. The van der Waals surface area contributed by atoms with Crippen LogP contribution in [0.2, 0.25) is 0 Å². The highest BCUT2D eigenvalue weighted by atomic mass is 19.1. The van der Waals surface area contributed by atoms with E-state index in [9.17, 15) is 13.6 Å². The Morgan fingerprint density at radius 1 is 0.935 bits per heavy atom. The maximum absolute atomic E-state index is 13.4. The molecule has 0 aliphatic carbocycles. The van der Waals surface area contributed by atoms with Crippen molar-refractivity contribution in [1.82, 2.24) is 9.80 Å². The summed E-state index contributed by atoms with van der Waals surface area (Å²) in [5.74, 6) is -0.927. The second-order valence-corrected chi connectivity index (χ2v) is 7.40. The standard InChI is InChI=1S/C24H28F2N2O3/c1-30-23(29)18-31-17-3-2-12-27-13-15-28(16-14-27)24(19-4-8-21(25)9-5-19)20-6-10-22(26)11-7-20/h2-11,24H,12-18H2,1H3. The van der Waals surface area contributed by atoms with Crippen molar-refractivity contribution in [3.8, 4) is 0 Å². The van der Waals surface area contributed by atoms with Crippen LogP contribution in [0.5, 0.6) is 0 Å². The molecule has 0 aromatic heterocycles. The molecule has 0 spiro atoms. The molecule has 0 unspecified atom stereocenters. The van der Waals surface area contributed by atoms with Crippen LogP contribution in [-0.2, 0) is 14.3 Å². The van der Waals surface area contributed by atoms with Crippen molar-refractivity contribution in [1.29, 1.82) is 0 Å². The fourth-order valence-electron chi connectivity index (χ4n) is 3.67. The molecule has 0 saturated carbocycles. The molecule has 1 aliphatic rings. The fourth-order valence-corrected chi connectivity index (χ4v) is 3.67. The van der Waals surface area contributed by atoms with Gasteiger partial charge >= 0.3 is 5.97 Å². The predicted octanol–water partition coefficient (Wildman–Crippen LogP) is 3.42. The number of hydrogen-bond donors (Lipinski definition) is 0. The molecule has 0 radical (unpaired) electrons. The number of rotatable bonds is 9.